The van der Waals surface area contributed by atoms with E-state index in [2.05, 4.69) is 13.5 Å². The number of epoxide rings is 1. The highest BCUT2D eigenvalue weighted by atomic mass is 28.4. The molecule has 0 saturated carbocycles. The molecule has 0 aliphatic carbocycles. The lowest BCUT2D eigenvalue weighted by atomic mass is 10.1. The largest absolute Gasteiger partial charge is 0.504 e. The SMILES string of the molecule is C=CCCC(CC(C)OCC1CO1)[Si](OCC)(OCC)OCC. The highest BCUT2D eigenvalue weighted by molar-refractivity contribution is 6.62. The lowest BCUT2D eigenvalue weighted by Gasteiger charge is -2.36. The molecule has 1 fully saturated rings. The Hall–Kier alpha value is -0.243. The zero-order valence-corrected chi connectivity index (χ0v) is 16.2. The first-order chi connectivity index (χ1) is 11.1. The molecule has 1 aliphatic rings. The molecule has 0 aromatic rings. The van der Waals surface area contributed by atoms with Crippen molar-refractivity contribution in [3.05, 3.63) is 12.7 Å². The fraction of sp³-hybridized carbons (Fsp3) is 0.882. The summed E-state index contributed by atoms with van der Waals surface area (Å²) in [6, 6.07) is 0. The van der Waals surface area contributed by atoms with Gasteiger partial charge in [0.25, 0.3) is 0 Å². The van der Waals surface area contributed by atoms with E-state index in [1.165, 1.54) is 0 Å². The van der Waals surface area contributed by atoms with E-state index in [1.54, 1.807) is 0 Å². The third-order valence-corrected chi connectivity index (χ3v) is 7.44. The minimum absolute atomic E-state index is 0.127. The van der Waals surface area contributed by atoms with E-state index in [1.807, 2.05) is 26.8 Å². The van der Waals surface area contributed by atoms with E-state index >= 15 is 0 Å². The summed E-state index contributed by atoms with van der Waals surface area (Å²) in [5.41, 5.74) is 0.218. The fourth-order valence-electron chi connectivity index (χ4n) is 2.74. The average molecular weight is 347 g/mol. The van der Waals surface area contributed by atoms with Gasteiger partial charge >= 0.3 is 8.80 Å². The van der Waals surface area contributed by atoms with Crippen molar-refractivity contribution in [1.29, 1.82) is 0 Å². The number of hydrogen-bond donors (Lipinski definition) is 0. The smallest absolute Gasteiger partial charge is 0.376 e. The van der Waals surface area contributed by atoms with Crippen molar-refractivity contribution in [1.82, 2.24) is 0 Å². The molecule has 1 aliphatic heterocycles. The van der Waals surface area contributed by atoms with Crippen LogP contribution in [0.2, 0.25) is 5.54 Å². The van der Waals surface area contributed by atoms with Crippen molar-refractivity contribution in [3.8, 4) is 0 Å². The van der Waals surface area contributed by atoms with E-state index in [9.17, 15) is 0 Å². The normalized spacial score (nSPS) is 20.3. The Morgan fingerprint density at radius 2 is 1.74 bits per heavy atom. The summed E-state index contributed by atoms with van der Waals surface area (Å²) in [4.78, 5) is 0. The second kappa shape index (κ2) is 11.3. The van der Waals surface area contributed by atoms with Crippen molar-refractivity contribution in [2.45, 2.75) is 64.7 Å². The van der Waals surface area contributed by atoms with Gasteiger partial charge < -0.3 is 22.8 Å². The molecule has 0 amide bonds. The molecule has 3 unspecified atom stereocenters. The lowest BCUT2D eigenvalue weighted by molar-refractivity contribution is 0.0261. The second-order valence-electron chi connectivity index (χ2n) is 5.80. The summed E-state index contributed by atoms with van der Waals surface area (Å²) in [5.74, 6) is 0. The molecule has 6 heteroatoms. The van der Waals surface area contributed by atoms with E-state index in [-0.39, 0.29) is 17.7 Å². The molecule has 1 rings (SSSR count). The van der Waals surface area contributed by atoms with Gasteiger partial charge in [-0.2, -0.15) is 0 Å². The third kappa shape index (κ3) is 7.45. The first-order valence-corrected chi connectivity index (χ1v) is 10.7. The number of ether oxygens (including phenoxy) is 2. The van der Waals surface area contributed by atoms with Crippen LogP contribution in [0, 0.1) is 0 Å². The molecule has 5 nitrogen and oxygen atoms in total. The number of hydrogen-bond acceptors (Lipinski definition) is 5. The first kappa shape index (κ1) is 20.8. The van der Waals surface area contributed by atoms with Crippen LogP contribution in [0.3, 0.4) is 0 Å². The van der Waals surface area contributed by atoms with Crippen molar-refractivity contribution in [2.24, 2.45) is 0 Å². The summed E-state index contributed by atoms with van der Waals surface area (Å²) in [5, 5.41) is 0. The minimum atomic E-state index is -2.72. The standard InChI is InChI=1S/C17H34O5Si/c1-6-10-11-17(12-15(5)18-13-16-14-19-16)23(20-7-2,21-8-3)22-9-4/h6,15-17H,1,7-14H2,2-5H3. The van der Waals surface area contributed by atoms with Gasteiger partial charge in [-0.25, -0.2) is 0 Å². The third-order valence-electron chi connectivity index (χ3n) is 3.84. The van der Waals surface area contributed by atoms with Gasteiger partial charge in [-0.05, 0) is 47.0 Å². The second-order valence-corrected chi connectivity index (χ2v) is 8.69. The van der Waals surface area contributed by atoms with Gasteiger partial charge in [0, 0.05) is 25.4 Å². The Labute approximate surface area is 142 Å². The molecule has 1 saturated heterocycles. The summed E-state index contributed by atoms with van der Waals surface area (Å²) >= 11 is 0. The molecule has 0 aromatic heterocycles. The monoisotopic (exact) mass is 346 g/mol. The van der Waals surface area contributed by atoms with Gasteiger partial charge in [0.2, 0.25) is 0 Å². The van der Waals surface area contributed by atoms with Crippen molar-refractivity contribution in [3.63, 3.8) is 0 Å². The summed E-state index contributed by atoms with van der Waals surface area (Å²) in [7, 11) is -2.72. The van der Waals surface area contributed by atoms with Gasteiger partial charge in [-0.1, -0.05) is 6.08 Å². The molecule has 1 heterocycles. The van der Waals surface area contributed by atoms with Gasteiger partial charge in [0.15, 0.2) is 0 Å². The highest BCUT2D eigenvalue weighted by Gasteiger charge is 2.49. The maximum absolute atomic E-state index is 6.09. The Morgan fingerprint density at radius 1 is 1.17 bits per heavy atom. The van der Waals surface area contributed by atoms with Crippen molar-refractivity contribution >= 4 is 8.80 Å². The molecule has 0 radical (unpaired) electrons. The number of rotatable bonds is 15. The van der Waals surface area contributed by atoms with Gasteiger partial charge in [0.1, 0.15) is 6.10 Å². The fourth-order valence-corrected chi connectivity index (χ4v) is 6.05. The summed E-state index contributed by atoms with van der Waals surface area (Å²) in [6.07, 6.45) is 5.10. The van der Waals surface area contributed by atoms with E-state index in [0.29, 0.717) is 26.4 Å². The van der Waals surface area contributed by atoms with E-state index in [0.717, 1.165) is 25.9 Å². The molecular weight excluding hydrogens is 312 g/mol. The van der Waals surface area contributed by atoms with Gasteiger partial charge in [0.05, 0.1) is 19.3 Å². The highest BCUT2D eigenvalue weighted by Crippen LogP contribution is 2.35. The van der Waals surface area contributed by atoms with E-state index < -0.39 is 8.80 Å². The Balaban J connectivity index is 2.75. The molecule has 0 bridgehead atoms. The maximum Gasteiger partial charge on any atom is 0.504 e. The molecular formula is C17H34O5Si. The zero-order chi connectivity index (χ0) is 17.1. The minimum Gasteiger partial charge on any atom is -0.376 e. The topological polar surface area (TPSA) is 49.5 Å². The van der Waals surface area contributed by atoms with Gasteiger partial charge in [-0.15, -0.1) is 6.58 Å². The molecule has 136 valence electrons. The zero-order valence-electron chi connectivity index (χ0n) is 15.2. The van der Waals surface area contributed by atoms with E-state index in [4.69, 9.17) is 22.8 Å². The van der Waals surface area contributed by atoms with Gasteiger partial charge in [-0.3, -0.25) is 0 Å². The van der Waals surface area contributed by atoms with Crippen LogP contribution in [-0.4, -0.2) is 54.0 Å². The maximum atomic E-state index is 6.09. The van der Waals surface area contributed by atoms with Crippen LogP contribution in [-0.2, 0) is 22.8 Å². The van der Waals surface area contributed by atoms with Crippen LogP contribution >= 0.6 is 0 Å². The summed E-state index contributed by atoms with van der Waals surface area (Å²) < 4.78 is 29.4. The van der Waals surface area contributed by atoms with Crippen LogP contribution in [0.5, 0.6) is 0 Å². The molecule has 0 N–H and O–H groups in total. The first-order valence-electron chi connectivity index (χ1n) is 8.87. The van der Waals surface area contributed by atoms with Crippen LogP contribution in [0.4, 0.5) is 0 Å². The van der Waals surface area contributed by atoms with Crippen LogP contribution in [0.1, 0.15) is 47.0 Å². The van der Waals surface area contributed by atoms with Crippen LogP contribution in [0.25, 0.3) is 0 Å². The number of allylic oxidation sites excluding steroid dienone is 1. The lowest BCUT2D eigenvalue weighted by Crippen LogP contribution is -2.51. The van der Waals surface area contributed by atoms with Crippen molar-refractivity contribution < 1.29 is 22.8 Å². The Kier molecular flexibility index (Phi) is 10.3. The quantitative estimate of drug-likeness (QED) is 0.258. The predicted molar refractivity (Wildman–Crippen MR) is 93.6 cm³/mol. The van der Waals surface area contributed by atoms with Crippen LogP contribution in [0.15, 0.2) is 12.7 Å². The molecule has 0 spiro atoms. The summed E-state index contributed by atoms with van der Waals surface area (Å²) in [6.45, 7) is 15.2. The van der Waals surface area contributed by atoms with Crippen molar-refractivity contribution in [2.75, 3.05) is 33.0 Å². The molecule has 3 atom stereocenters. The average Bonchev–Trinajstić information content (AvgIpc) is 3.34. The van der Waals surface area contributed by atoms with Crippen LogP contribution < -0.4 is 0 Å². The molecule has 0 aromatic carbocycles. The predicted octanol–water partition coefficient (Wildman–Crippen LogP) is 3.57. The Morgan fingerprint density at radius 3 is 2.17 bits per heavy atom. The Bertz CT molecular complexity index is 305. The molecule has 23 heavy (non-hydrogen) atoms.